The van der Waals surface area contributed by atoms with Crippen molar-refractivity contribution in [2.75, 3.05) is 20.3 Å². The maximum absolute atomic E-state index is 12.2. The van der Waals surface area contributed by atoms with E-state index in [0.717, 1.165) is 11.3 Å². The van der Waals surface area contributed by atoms with Gasteiger partial charge >= 0.3 is 11.9 Å². The van der Waals surface area contributed by atoms with Gasteiger partial charge in [0.15, 0.2) is 6.61 Å². The lowest BCUT2D eigenvalue weighted by Gasteiger charge is -2.05. The summed E-state index contributed by atoms with van der Waals surface area (Å²) in [5, 5.41) is 2.46. The predicted molar refractivity (Wildman–Crippen MR) is 92.8 cm³/mol. The van der Waals surface area contributed by atoms with Crippen LogP contribution in [0.3, 0.4) is 0 Å². The number of ether oxygens (including phenoxy) is 2. The van der Waals surface area contributed by atoms with Crippen LogP contribution in [-0.2, 0) is 25.5 Å². The summed E-state index contributed by atoms with van der Waals surface area (Å²) >= 11 is 0.948. The number of aromatic amines is 1. The summed E-state index contributed by atoms with van der Waals surface area (Å²) in [4.78, 5) is 54.8. The summed E-state index contributed by atoms with van der Waals surface area (Å²) in [6.07, 6.45) is 4.62. The second-order valence-electron chi connectivity index (χ2n) is 5.05. The number of methoxy groups -OCH3 is 1. The Kier molecular flexibility index (Phi) is 6.08. The molecule has 1 amide bonds. The average molecular weight is 377 g/mol. The summed E-state index contributed by atoms with van der Waals surface area (Å²) in [5.74, 6) is 0.545. The van der Waals surface area contributed by atoms with Crippen LogP contribution >= 0.6 is 11.3 Å². The van der Waals surface area contributed by atoms with Gasteiger partial charge in [-0.05, 0) is 6.92 Å². The number of nitrogens with zero attached hydrogens (tertiary/aromatic N) is 1. The minimum Gasteiger partial charge on any atom is -0.465 e. The van der Waals surface area contributed by atoms with E-state index in [2.05, 4.69) is 21.2 Å². The molecule has 2 rings (SSSR count). The van der Waals surface area contributed by atoms with Gasteiger partial charge in [0, 0.05) is 5.56 Å². The minimum absolute atomic E-state index is 0.0123. The molecule has 2 aromatic rings. The van der Waals surface area contributed by atoms with Crippen molar-refractivity contribution >= 4 is 39.4 Å². The lowest BCUT2D eigenvalue weighted by molar-refractivity contribution is -0.147. The molecule has 2 aromatic heterocycles. The van der Waals surface area contributed by atoms with E-state index in [9.17, 15) is 19.2 Å². The summed E-state index contributed by atoms with van der Waals surface area (Å²) < 4.78 is 9.55. The van der Waals surface area contributed by atoms with E-state index in [4.69, 9.17) is 15.9 Å². The van der Waals surface area contributed by atoms with Crippen LogP contribution in [0.2, 0.25) is 0 Å². The number of terminal acetylenes is 1. The van der Waals surface area contributed by atoms with E-state index in [1.807, 2.05) is 0 Å². The summed E-state index contributed by atoms with van der Waals surface area (Å²) in [7, 11) is 1.19. The first-order chi connectivity index (χ1) is 12.4. The van der Waals surface area contributed by atoms with Crippen molar-refractivity contribution in [1.82, 2.24) is 15.3 Å². The number of hydrogen-bond acceptors (Lipinski definition) is 8. The van der Waals surface area contributed by atoms with Gasteiger partial charge in [0.2, 0.25) is 0 Å². The molecule has 0 radical (unpaired) electrons. The summed E-state index contributed by atoms with van der Waals surface area (Å²) in [5.41, 5.74) is -0.326. The van der Waals surface area contributed by atoms with Gasteiger partial charge in [-0.3, -0.25) is 14.4 Å². The Morgan fingerprint density at radius 2 is 2.12 bits per heavy atom. The third-order valence-electron chi connectivity index (χ3n) is 3.22. The summed E-state index contributed by atoms with van der Waals surface area (Å²) in [6, 6.07) is 0. The standard InChI is InChI=1S/C16H15N3O6S/c1-4-5-17-10(20)7-25-11(21)6-9-12-14(22)18-8(2)19-15(12)26-13(9)16(23)24-3/h1H,5-7H2,2-3H3,(H,17,20)(H,18,19,22). The van der Waals surface area contributed by atoms with Crippen LogP contribution in [0.25, 0.3) is 10.2 Å². The van der Waals surface area contributed by atoms with E-state index < -0.39 is 30.0 Å². The average Bonchev–Trinajstić information content (AvgIpc) is 2.95. The normalized spacial score (nSPS) is 10.2. The van der Waals surface area contributed by atoms with Gasteiger partial charge in [-0.25, -0.2) is 9.78 Å². The first-order valence-electron chi connectivity index (χ1n) is 7.33. The van der Waals surface area contributed by atoms with E-state index in [0.29, 0.717) is 10.7 Å². The molecule has 0 saturated carbocycles. The van der Waals surface area contributed by atoms with Crippen LogP contribution < -0.4 is 10.9 Å². The first-order valence-corrected chi connectivity index (χ1v) is 8.15. The first kappa shape index (κ1) is 19.1. The zero-order chi connectivity index (χ0) is 19.3. The van der Waals surface area contributed by atoms with Gasteiger partial charge in [-0.1, -0.05) is 5.92 Å². The molecule has 0 aliphatic carbocycles. The maximum Gasteiger partial charge on any atom is 0.348 e. The number of nitrogens with one attached hydrogen (secondary N) is 2. The van der Waals surface area contributed by atoms with Crippen LogP contribution in [0.1, 0.15) is 21.1 Å². The second kappa shape index (κ2) is 8.26. The van der Waals surface area contributed by atoms with Crippen molar-refractivity contribution < 1.29 is 23.9 Å². The van der Waals surface area contributed by atoms with E-state index in [1.165, 1.54) is 7.11 Å². The molecule has 136 valence electrons. The Labute approximate surface area is 151 Å². The molecule has 2 N–H and O–H groups in total. The number of hydrogen-bond donors (Lipinski definition) is 2. The Balaban J connectivity index is 2.28. The maximum atomic E-state index is 12.2. The Morgan fingerprint density at radius 1 is 1.38 bits per heavy atom. The van der Waals surface area contributed by atoms with Gasteiger partial charge in [-0.2, -0.15) is 0 Å². The molecular formula is C16H15N3O6S. The number of thiophene rings is 1. The third-order valence-corrected chi connectivity index (χ3v) is 4.33. The molecule has 2 heterocycles. The number of carbonyl (C=O) groups is 3. The highest BCUT2D eigenvalue weighted by molar-refractivity contribution is 7.20. The van der Waals surface area contributed by atoms with Crippen LogP contribution in [0, 0.1) is 19.3 Å². The topological polar surface area (TPSA) is 127 Å². The van der Waals surface area contributed by atoms with Gasteiger partial charge < -0.3 is 19.8 Å². The number of H-pyrrole nitrogens is 1. The molecule has 0 spiro atoms. The second-order valence-corrected chi connectivity index (χ2v) is 6.05. The molecule has 0 unspecified atom stereocenters. The Hall–Kier alpha value is -3.19. The number of esters is 2. The van der Waals surface area contributed by atoms with E-state index >= 15 is 0 Å². The fourth-order valence-electron chi connectivity index (χ4n) is 2.14. The van der Waals surface area contributed by atoms with Gasteiger partial charge in [0.25, 0.3) is 11.5 Å². The van der Waals surface area contributed by atoms with Crippen molar-refractivity contribution in [3.8, 4) is 12.3 Å². The number of amides is 1. The van der Waals surface area contributed by atoms with Crippen LogP contribution in [0.4, 0.5) is 0 Å². The highest BCUT2D eigenvalue weighted by Gasteiger charge is 2.24. The molecule has 26 heavy (non-hydrogen) atoms. The lowest BCUT2D eigenvalue weighted by Crippen LogP contribution is -2.29. The zero-order valence-corrected chi connectivity index (χ0v) is 14.8. The smallest absolute Gasteiger partial charge is 0.348 e. The monoisotopic (exact) mass is 377 g/mol. The highest BCUT2D eigenvalue weighted by Crippen LogP contribution is 2.29. The van der Waals surface area contributed by atoms with Crippen LogP contribution in [0.15, 0.2) is 4.79 Å². The molecule has 0 atom stereocenters. The van der Waals surface area contributed by atoms with E-state index in [1.54, 1.807) is 6.92 Å². The predicted octanol–water partition coefficient (Wildman–Crippen LogP) is -0.0853. The fraction of sp³-hybridized carbons (Fsp3) is 0.312. The molecule has 0 aromatic carbocycles. The molecule has 0 aliphatic rings. The molecule has 0 fully saturated rings. The quantitative estimate of drug-likeness (QED) is 0.532. The number of aromatic nitrogens is 2. The highest BCUT2D eigenvalue weighted by atomic mass is 32.1. The molecule has 0 saturated heterocycles. The van der Waals surface area contributed by atoms with Crippen molar-refractivity contribution in [2.24, 2.45) is 0 Å². The molecular weight excluding hydrogens is 362 g/mol. The van der Waals surface area contributed by atoms with E-state index in [-0.39, 0.29) is 28.8 Å². The number of aryl methyl sites for hydroxylation is 1. The molecule has 0 aliphatic heterocycles. The molecule has 0 bridgehead atoms. The molecule has 9 nitrogen and oxygen atoms in total. The van der Waals surface area contributed by atoms with Gasteiger partial charge in [-0.15, -0.1) is 17.8 Å². The van der Waals surface area contributed by atoms with Crippen molar-refractivity contribution in [2.45, 2.75) is 13.3 Å². The SMILES string of the molecule is C#CCNC(=O)COC(=O)Cc1c(C(=O)OC)sc2nc(C)[nH]c(=O)c12. The zero-order valence-electron chi connectivity index (χ0n) is 14.0. The summed E-state index contributed by atoms with van der Waals surface area (Å²) in [6.45, 7) is 1.09. The van der Waals surface area contributed by atoms with Crippen LogP contribution in [0.5, 0.6) is 0 Å². The van der Waals surface area contributed by atoms with Crippen molar-refractivity contribution in [3.05, 3.63) is 26.6 Å². The molecule has 10 heteroatoms. The number of fused-ring (bicyclic) bond motifs is 1. The minimum atomic E-state index is -0.786. The largest absolute Gasteiger partial charge is 0.465 e. The number of carbonyl (C=O) groups excluding carboxylic acids is 3. The van der Waals surface area contributed by atoms with Crippen molar-refractivity contribution in [3.63, 3.8) is 0 Å². The Bertz CT molecular complexity index is 969. The lowest BCUT2D eigenvalue weighted by atomic mass is 10.1. The number of rotatable bonds is 6. The van der Waals surface area contributed by atoms with Crippen molar-refractivity contribution in [1.29, 1.82) is 0 Å². The van der Waals surface area contributed by atoms with Gasteiger partial charge in [0.1, 0.15) is 15.5 Å². The van der Waals surface area contributed by atoms with Gasteiger partial charge in [0.05, 0.1) is 25.5 Å². The fourth-order valence-corrected chi connectivity index (χ4v) is 3.30. The third kappa shape index (κ3) is 4.25. The van der Waals surface area contributed by atoms with Crippen LogP contribution in [-0.4, -0.2) is 48.1 Å². The Morgan fingerprint density at radius 3 is 2.77 bits per heavy atom.